The van der Waals surface area contributed by atoms with Crippen molar-refractivity contribution in [3.63, 3.8) is 0 Å². The van der Waals surface area contributed by atoms with Crippen LogP contribution in [0.15, 0.2) is 25.3 Å². The van der Waals surface area contributed by atoms with Crippen molar-refractivity contribution >= 4 is 18.3 Å². The molecule has 0 aromatic carbocycles. The second-order valence-electron chi connectivity index (χ2n) is 5.33. The van der Waals surface area contributed by atoms with Gasteiger partial charge in [0, 0.05) is 19.1 Å². The number of rotatable bonds is 9. The lowest BCUT2D eigenvalue weighted by atomic mass is 10.0. The summed E-state index contributed by atoms with van der Waals surface area (Å²) in [6.45, 7) is 14.4. The van der Waals surface area contributed by atoms with Gasteiger partial charge in [0.05, 0.1) is 6.54 Å². The standard InChI is InChI=1S/C16H29N3O.ClH/c1-4-11-18(12-5-2)16(20)14-19(13-6-3)15-7-9-17-10-8-15;/h4-5,15,17H,1-2,6-14H2,3H3;1H. The van der Waals surface area contributed by atoms with Crippen LogP contribution in [0.5, 0.6) is 0 Å². The molecule has 0 saturated carbocycles. The molecule has 0 unspecified atom stereocenters. The van der Waals surface area contributed by atoms with Crippen LogP contribution >= 0.6 is 12.4 Å². The van der Waals surface area contributed by atoms with Gasteiger partial charge in [-0.1, -0.05) is 19.1 Å². The average Bonchev–Trinajstić information content (AvgIpc) is 2.47. The third-order valence-corrected chi connectivity index (χ3v) is 3.73. The first-order valence-corrected chi connectivity index (χ1v) is 7.67. The van der Waals surface area contributed by atoms with Gasteiger partial charge in [-0.2, -0.15) is 0 Å². The fourth-order valence-corrected chi connectivity index (χ4v) is 2.71. The molecule has 21 heavy (non-hydrogen) atoms. The summed E-state index contributed by atoms with van der Waals surface area (Å²) in [6, 6.07) is 0.537. The highest BCUT2D eigenvalue weighted by Crippen LogP contribution is 2.12. The minimum Gasteiger partial charge on any atom is -0.334 e. The molecule has 0 spiro atoms. The maximum absolute atomic E-state index is 12.4. The Hall–Kier alpha value is -0.840. The third-order valence-electron chi connectivity index (χ3n) is 3.73. The first-order chi connectivity index (χ1) is 9.72. The van der Waals surface area contributed by atoms with E-state index in [0.29, 0.717) is 25.7 Å². The molecule has 0 aromatic rings. The molecule has 1 heterocycles. The van der Waals surface area contributed by atoms with Crippen LogP contribution in [0, 0.1) is 0 Å². The number of piperidine rings is 1. The summed E-state index contributed by atoms with van der Waals surface area (Å²) in [5.41, 5.74) is 0. The van der Waals surface area contributed by atoms with Crippen LogP contribution in [-0.4, -0.2) is 61.0 Å². The molecule has 1 fully saturated rings. The van der Waals surface area contributed by atoms with Crippen LogP contribution in [0.4, 0.5) is 0 Å². The number of carbonyl (C=O) groups excluding carboxylic acids is 1. The minimum absolute atomic E-state index is 0. The molecule has 5 heteroatoms. The number of nitrogens with zero attached hydrogens (tertiary/aromatic N) is 2. The molecular formula is C16H30ClN3O. The Morgan fingerprint density at radius 1 is 1.24 bits per heavy atom. The van der Waals surface area contributed by atoms with Gasteiger partial charge in [-0.3, -0.25) is 9.69 Å². The van der Waals surface area contributed by atoms with Gasteiger partial charge in [0.2, 0.25) is 5.91 Å². The van der Waals surface area contributed by atoms with Gasteiger partial charge in [0.15, 0.2) is 0 Å². The molecule has 1 N–H and O–H groups in total. The van der Waals surface area contributed by atoms with Gasteiger partial charge in [0.1, 0.15) is 0 Å². The van der Waals surface area contributed by atoms with Crippen molar-refractivity contribution in [1.29, 1.82) is 0 Å². The lowest BCUT2D eigenvalue weighted by Crippen LogP contribution is -2.48. The van der Waals surface area contributed by atoms with E-state index in [1.807, 2.05) is 4.90 Å². The molecule has 0 aliphatic carbocycles. The zero-order chi connectivity index (χ0) is 14.8. The number of carbonyl (C=O) groups is 1. The highest BCUT2D eigenvalue weighted by Gasteiger charge is 2.23. The zero-order valence-corrected chi connectivity index (χ0v) is 14.0. The molecule has 122 valence electrons. The molecule has 4 nitrogen and oxygen atoms in total. The second kappa shape index (κ2) is 11.8. The van der Waals surface area contributed by atoms with Crippen LogP contribution in [0.1, 0.15) is 26.2 Å². The smallest absolute Gasteiger partial charge is 0.237 e. The molecule has 0 atom stereocenters. The predicted octanol–water partition coefficient (Wildman–Crippen LogP) is 2.07. The highest BCUT2D eigenvalue weighted by atomic mass is 35.5. The zero-order valence-electron chi connectivity index (χ0n) is 13.2. The van der Waals surface area contributed by atoms with Crippen molar-refractivity contribution in [1.82, 2.24) is 15.1 Å². The third kappa shape index (κ3) is 7.11. The van der Waals surface area contributed by atoms with Crippen molar-refractivity contribution in [2.24, 2.45) is 0 Å². The van der Waals surface area contributed by atoms with Gasteiger partial charge >= 0.3 is 0 Å². The van der Waals surface area contributed by atoms with E-state index in [1.165, 1.54) is 0 Å². The van der Waals surface area contributed by atoms with Crippen molar-refractivity contribution < 1.29 is 4.79 Å². The maximum atomic E-state index is 12.4. The van der Waals surface area contributed by atoms with E-state index in [2.05, 4.69) is 30.3 Å². The second-order valence-corrected chi connectivity index (χ2v) is 5.33. The van der Waals surface area contributed by atoms with Gasteiger partial charge in [-0.15, -0.1) is 25.6 Å². The van der Waals surface area contributed by atoms with Gasteiger partial charge < -0.3 is 10.2 Å². The van der Waals surface area contributed by atoms with Crippen molar-refractivity contribution in [3.8, 4) is 0 Å². The average molecular weight is 316 g/mol. The van der Waals surface area contributed by atoms with Gasteiger partial charge in [0.25, 0.3) is 0 Å². The van der Waals surface area contributed by atoms with Crippen LogP contribution < -0.4 is 5.32 Å². The van der Waals surface area contributed by atoms with E-state index in [-0.39, 0.29) is 18.3 Å². The number of hydrogen-bond acceptors (Lipinski definition) is 3. The van der Waals surface area contributed by atoms with Crippen molar-refractivity contribution in [3.05, 3.63) is 25.3 Å². The van der Waals surface area contributed by atoms with E-state index < -0.39 is 0 Å². The molecule has 1 aliphatic heterocycles. The Balaban J connectivity index is 0.00000400. The molecule has 0 bridgehead atoms. The molecule has 1 amide bonds. The fourth-order valence-electron chi connectivity index (χ4n) is 2.71. The minimum atomic E-state index is 0. The first-order valence-electron chi connectivity index (χ1n) is 7.67. The highest BCUT2D eigenvalue weighted by molar-refractivity contribution is 5.85. The van der Waals surface area contributed by atoms with Crippen LogP contribution in [0.2, 0.25) is 0 Å². The van der Waals surface area contributed by atoms with Gasteiger partial charge in [-0.05, 0) is 38.9 Å². The number of halogens is 1. The topological polar surface area (TPSA) is 35.6 Å². The van der Waals surface area contributed by atoms with E-state index in [1.54, 1.807) is 12.2 Å². The molecule has 1 aliphatic rings. The Labute approximate surface area is 135 Å². The van der Waals surface area contributed by atoms with E-state index in [0.717, 1.165) is 38.9 Å². The predicted molar refractivity (Wildman–Crippen MR) is 92.0 cm³/mol. The molecule has 0 aromatic heterocycles. The van der Waals surface area contributed by atoms with Crippen LogP contribution in [0.3, 0.4) is 0 Å². The summed E-state index contributed by atoms with van der Waals surface area (Å²) in [7, 11) is 0. The summed E-state index contributed by atoms with van der Waals surface area (Å²) < 4.78 is 0. The lowest BCUT2D eigenvalue weighted by Gasteiger charge is -2.35. The summed E-state index contributed by atoms with van der Waals surface area (Å²) in [6.07, 6.45) is 6.90. The number of hydrogen-bond donors (Lipinski definition) is 1. The van der Waals surface area contributed by atoms with Crippen molar-refractivity contribution in [2.75, 3.05) is 39.3 Å². The number of nitrogens with one attached hydrogen (secondary N) is 1. The largest absolute Gasteiger partial charge is 0.334 e. The molecular weight excluding hydrogens is 286 g/mol. The fraction of sp³-hybridized carbons (Fsp3) is 0.688. The quantitative estimate of drug-likeness (QED) is 0.662. The summed E-state index contributed by atoms with van der Waals surface area (Å²) in [4.78, 5) is 16.6. The molecule has 0 radical (unpaired) electrons. The summed E-state index contributed by atoms with van der Waals surface area (Å²) in [5, 5.41) is 3.38. The van der Waals surface area contributed by atoms with Crippen LogP contribution in [-0.2, 0) is 4.79 Å². The van der Waals surface area contributed by atoms with Crippen molar-refractivity contribution in [2.45, 2.75) is 32.2 Å². The summed E-state index contributed by atoms with van der Waals surface area (Å²) >= 11 is 0. The number of amides is 1. The summed E-state index contributed by atoms with van der Waals surface area (Å²) in [5.74, 6) is 0.178. The Bertz CT molecular complexity index is 307. The molecule has 1 rings (SSSR count). The van der Waals surface area contributed by atoms with Gasteiger partial charge in [-0.25, -0.2) is 0 Å². The monoisotopic (exact) mass is 315 g/mol. The van der Waals surface area contributed by atoms with E-state index >= 15 is 0 Å². The Morgan fingerprint density at radius 2 is 1.81 bits per heavy atom. The normalized spacial score (nSPS) is 15.3. The lowest BCUT2D eigenvalue weighted by molar-refractivity contribution is -0.132. The SMILES string of the molecule is C=CCN(CC=C)C(=O)CN(CCC)C1CCNCC1.Cl. The Morgan fingerprint density at radius 3 is 2.29 bits per heavy atom. The Kier molecular flexibility index (Phi) is 11.3. The first kappa shape index (κ1) is 20.2. The van der Waals surface area contributed by atoms with E-state index in [9.17, 15) is 4.79 Å². The van der Waals surface area contributed by atoms with Crippen LogP contribution in [0.25, 0.3) is 0 Å². The molecule has 1 saturated heterocycles. The van der Waals surface area contributed by atoms with E-state index in [4.69, 9.17) is 0 Å². The maximum Gasteiger partial charge on any atom is 0.237 e.